The van der Waals surface area contributed by atoms with Crippen molar-refractivity contribution in [3.05, 3.63) is 57.6 Å². The van der Waals surface area contributed by atoms with Gasteiger partial charge in [-0.25, -0.2) is 0 Å². The van der Waals surface area contributed by atoms with Gasteiger partial charge in [-0.05, 0) is 47.7 Å². The van der Waals surface area contributed by atoms with Crippen molar-refractivity contribution in [3.8, 4) is 5.75 Å². The lowest BCUT2D eigenvalue weighted by molar-refractivity contribution is -0.185. The Morgan fingerprint density at radius 1 is 1.14 bits per heavy atom. The second kappa shape index (κ2) is 7.72. The zero-order chi connectivity index (χ0) is 20.8. The molecule has 0 aromatic heterocycles. The molecule has 4 rings (SSSR count). The van der Waals surface area contributed by atoms with Gasteiger partial charge in [0, 0.05) is 22.5 Å². The van der Waals surface area contributed by atoms with Crippen LogP contribution in [0.15, 0.2) is 56.2 Å². The Morgan fingerprint density at radius 2 is 1.86 bits per heavy atom. The van der Waals surface area contributed by atoms with E-state index in [0.29, 0.717) is 12.8 Å². The van der Waals surface area contributed by atoms with Crippen LogP contribution in [0.4, 0.5) is 13.2 Å². The third-order valence-corrected chi connectivity index (χ3v) is 6.82. The minimum Gasteiger partial charge on any atom is -0.496 e. The van der Waals surface area contributed by atoms with Gasteiger partial charge in [-0.3, -0.25) is 4.79 Å². The second-order valence-corrected chi connectivity index (χ2v) is 8.82. The molecule has 29 heavy (non-hydrogen) atoms. The molecule has 1 amide bonds. The third kappa shape index (κ3) is 3.80. The van der Waals surface area contributed by atoms with Crippen molar-refractivity contribution < 1.29 is 22.7 Å². The molecule has 0 radical (unpaired) electrons. The maximum Gasteiger partial charge on any atom is 0.471 e. The summed E-state index contributed by atoms with van der Waals surface area (Å²) in [6.45, 7) is 0.130. The zero-order valence-corrected chi connectivity index (χ0v) is 17.9. The van der Waals surface area contributed by atoms with E-state index in [-0.39, 0.29) is 13.1 Å². The van der Waals surface area contributed by atoms with Crippen molar-refractivity contribution in [1.29, 1.82) is 0 Å². The third-order valence-electron chi connectivity index (χ3n) is 5.14. The van der Waals surface area contributed by atoms with Crippen LogP contribution in [0.1, 0.15) is 24.0 Å². The van der Waals surface area contributed by atoms with E-state index in [1.807, 2.05) is 36.4 Å². The second-order valence-electron chi connectivity index (χ2n) is 6.85. The van der Waals surface area contributed by atoms with Crippen molar-refractivity contribution in [2.75, 3.05) is 20.2 Å². The molecule has 0 unspecified atom stereocenters. The largest absolute Gasteiger partial charge is 0.496 e. The zero-order valence-electron chi connectivity index (χ0n) is 15.5. The molecule has 3 nitrogen and oxygen atoms in total. The van der Waals surface area contributed by atoms with Crippen LogP contribution in [0.25, 0.3) is 5.57 Å². The van der Waals surface area contributed by atoms with Crippen LogP contribution >= 0.6 is 27.7 Å². The lowest BCUT2D eigenvalue weighted by atomic mass is 9.88. The predicted octanol–water partition coefficient (Wildman–Crippen LogP) is 5.91. The van der Waals surface area contributed by atoms with E-state index < -0.39 is 12.1 Å². The number of carbonyl (C=O) groups excluding carboxylic acids is 1. The molecule has 0 atom stereocenters. The van der Waals surface area contributed by atoms with Crippen LogP contribution in [0.5, 0.6) is 5.75 Å². The number of rotatable bonds is 1. The summed E-state index contributed by atoms with van der Waals surface area (Å²) in [5.74, 6) is -0.993. The first-order valence-electron chi connectivity index (χ1n) is 9.03. The number of hydrogen-bond donors (Lipinski definition) is 0. The molecule has 0 spiro atoms. The van der Waals surface area contributed by atoms with Gasteiger partial charge in [0.15, 0.2) is 0 Å². The highest BCUT2D eigenvalue weighted by atomic mass is 79.9. The number of ether oxygens (including phenoxy) is 1. The summed E-state index contributed by atoms with van der Waals surface area (Å²) < 4.78 is 44.8. The van der Waals surface area contributed by atoms with E-state index in [2.05, 4.69) is 15.9 Å². The van der Waals surface area contributed by atoms with Crippen LogP contribution in [0, 0.1) is 0 Å². The summed E-state index contributed by atoms with van der Waals surface area (Å²) in [7, 11) is 1.63. The van der Waals surface area contributed by atoms with Crippen LogP contribution in [0.2, 0.25) is 0 Å². The molecule has 152 valence electrons. The number of carbonyl (C=O) groups is 1. The normalized spacial score (nSPS) is 16.4. The number of piperidine rings is 1. The van der Waals surface area contributed by atoms with Gasteiger partial charge in [0.05, 0.1) is 12.0 Å². The van der Waals surface area contributed by atoms with Gasteiger partial charge in [0.1, 0.15) is 5.75 Å². The smallest absolute Gasteiger partial charge is 0.471 e. The number of alkyl halides is 3. The average molecular weight is 484 g/mol. The number of benzene rings is 2. The number of fused-ring (bicyclic) bond motifs is 2. The van der Waals surface area contributed by atoms with Gasteiger partial charge < -0.3 is 9.64 Å². The molecule has 1 fully saturated rings. The lowest BCUT2D eigenvalue weighted by Gasteiger charge is -2.32. The Balaban J connectivity index is 1.77. The summed E-state index contributed by atoms with van der Waals surface area (Å²) >= 11 is 5.13. The van der Waals surface area contributed by atoms with Crippen LogP contribution in [-0.4, -0.2) is 37.2 Å². The Morgan fingerprint density at radius 3 is 2.52 bits per heavy atom. The fourth-order valence-electron chi connectivity index (χ4n) is 3.81. The number of amides is 1. The van der Waals surface area contributed by atoms with Gasteiger partial charge in [0.25, 0.3) is 0 Å². The van der Waals surface area contributed by atoms with Crippen molar-refractivity contribution in [2.45, 2.75) is 28.8 Å². The molecule has 0 bridgehead atoms. The predicted molar refractivity (Wildman–Crippen MR) is 109 cm³/mol. The van der Waals surface area contributed by atoms with Gasteiger partial charge in [-0.2, -0.15) is 13.2 Å². The first-order valence-corrected chi connectivity index (χ1v) is 10.6. The molecule has 2 aromatic carbocycles. The van der Waals surface area contributed by atoms with Crippen LogP contribution < -0.4 is 4.74 Å². The number of halogens is 4. The SMILES string of the molecule is COc1cccc2c1Sc1cc(Br)ccc1C2=C1CCN(C(=O)C(F)(F)F)CC1. The van der Waals surface area contributed by atoms with Crippen molar-refractivity contribution in [2.24, 2.45) is 0 Å². The minimum absolute atomic E-state index is 0.0650. The van der Waals surface area contributed by atoms with Crippen molar-refractivity contribution in [3.63, 3.8) is 0 Å². The Kier molecular flexibility index (Phi) is 5.42. The molecule has 0 saturated carbocycles. The number of likely N-dealkylation sites (tertiary alicyclic amines) is 1. The molecule has 2 aliphatic heterocycles. The Labute approximate surface area is 179 Å². The molecule has 0 N–H and O–H groups in total. The maximum atomic E-state index is 12.8. The summed E-state index contributed by atoms with van der Waals surface area (Å²) in [5, 5.41) is 0. The molecule has 0 aliphatic carbocycles. The molecule has 2 heterocycles. The van der Waals surface area contributed by atoms with Gasteiger partial charge in [0.2, 0.25) is 0 Å². The average Bonchev–Trinajstić information content (AvgIpc) is 2.70. The van der Waals surface area contributed by atoms with E-state index >= 15 is 0 Å². The topological polar surface area (TPSA) is 29.5 Å². The van der Waals surface area contributed by atoms with Crippen molar-refractivity contribution >= 4 is 39.2 Å². The van der Waals surface area contributed by atoms with Gasteiger partial charge in [-0.1, -0.05) is 51.5 Å². The lowest BCUT2D eigenvalue weighted by Crippen LogP contribution is -2.44. The fourth-order valence-corrected chi connectivity index (χ4v) is 5.54. The monoisotopic (exact) mass is 483 g/mol. The maximum absolute atomic E-state index is 12.8. The van der Waals surface area contributed by atoms with Gasteiger partial charge in [-0.15, -0.1) is 0 Å². The number of hydrogen-bond acceptors (Lipinski definition) is 3. The minimum atomic E-state index is -4.83. The summed E-state index contributed by atoms with van der Waals surface area (Å²) in [6.07, 6.45) is -4.01. The fraction of sp³-hybridized carbons (Fsp3) is 0.286. The molecule has 2 aromatic rings. The standard InChI is InChI=1S/C21H17BrF3NO2S/c1-28-16-4-2-3-15-18(14-6-5-13(22)11-17(14)29-19(15)16)12-7-9-26(10-8-12)20(27)21(23,24)25/h2-6,11H,7-10H2,1H3. The molecular weight excluding hydrogens is 467 g/mol. The van der Waals surface area contributed by atoms with Crippen molar-refractivity contribution in [1.82, 2.24) is 4.90 Å². The Hall–Kier alpha value is -1.93. The molecular formula is C21H17BrF3NO2S. The van der Waals surface area contributed by atoms with E-state index in [0.717, 1.165) is 47.2 Å². The highest BCUT2D eigenvalue weighted by Gasteiger charge is 2.43. The molecule has 2 aliphatic rings. The van der Waals surface area contributed by atoms with Crippen LogP contribution in [0.3, 0.4) is 0 Å². The van der Waals surface area contributed by atoms with Gasteiger partial charge >= 0.3 is 12.1 Å². The van der Waals surface area contributed by atoms with E-state index in [4.69, 9.17) is 4.74 Å². The van der Waals surface area contributed by atoms with E-state index in [1.54, 1.807) is 18.9 Å². The highest BCUT2D eigenvalue weighted by molar-refractivity contribution is 9.10. The number of nitrogens with zero attached hydrogens (tertiary/aromatic N) is 1. The van der Waals surface area contributed by atoms with E-state index in [1.165, 1.54) is 0 Å². The highest BCUT2D eigenvalue weighted by Crippen LogP contribution is 2.51. The first kappa shape index (κ1) is 20.3. The first-order chi connectivity index (χ1) is 13.8. The van der Waals surface area contributed by atoms with Crippen LogP contribution in [-0.2, 0) is 4.79 Å². The number of methoxy groups -OCH3 is 1. The summed E-state index contributed by atoms with van der Waals surface area (Å²) in [5.41, 5.74) is 4.19. The Bertz CT molecular complexity index is 1010. The summed E-state index contributed by atoms with van der Waals surface area (Å²) in [4.78, 5) is 14.5. The quantitative estimate of drug-likeness (QED) is 0.430. The molecule has 1 saturated heterocycles. The summed E-state index contributed by atoms with van der Waals surface area (Å²) in [6, 6.07) is 11.9. The molecule has 8 heteroatoms. The van der Waals surface area contributed by atoms with E-state index in [9.17, 15) is 18.0 Å².